The summed E-state index contributed by atoms with van der Waals surface area (Å²) in [6.07, 6.45) is 1.49. The molecule has 0 unspecified atom stereocenters. The molecule has 3 rings (SSSR count). The number of hydrogen-bond donors (Lipinski definition) is 2. The number of nitrogens with one attached hydrogen (secondary N) is 2. The van der Waals surface area contributed by atoms with Crippen LogP contribution in [0.15, 0.2) is 54.7 Å². The van der Waals surface area contributed by atoms with Crippen LogP contribution in [0.1, 0.15) is 15.9 Å². The SMILES string of the molecule is Cc1ccccc1Nc1ccc(NC(=O)c2ccc(F)c(F)c2F)nc1. The van der Waals surface area contributed by atoms with Crippen LogP contribution in [0.4, 0.5) is 30.4 Å². The van der Waals surface area contributed by atoms with Gasteiger partial charge in [-0.1, -0.05) is 18.2 Å². The van der Waals surface area contributed by atoms with Gasteiger partial charge in [0.2, 0.25) is 0 Å². The molecule has 0 aliphatic heterocycles. The number of para-hydroxylation sites is 1. The zero-order chi connectivity index (χ0) is 18.7. The molecule has 1 heterocycles. The molecule has 132 valence electrons. The maximum atomic E-state index is 13.7. The van der Waals surface area contributed by atoms with Gasteiger partial charge in [-0.2, -0.15) is 0 Å². The Labute approximate surface area is 147 Å². The third kappa shape index (κ3) is 3.66. The van der Waals surface area contributed by atoms with Gasteiger partial charge in [0, 0.05) is 5.69 Å². The first-order valence-electron chi connectivity index (χ1n) is 7.69. The van der Waals surface area contributed by atoms with Gasteiger partial charge < -0.3 is 10.6 Å². The molecule has 1 amide bonds. The summed E-state index contributed by atoms with van der Waals surface area (Å²) >= 11 is 0. The van der Waals surface area contributed by atoms with E-state index >= 15 is 0 Å². The Kier molecular flexibility index (Phi) is 4.88. The molecule has 0 bridgehead atoms. The summed E-state index contributed by atoms with van der Waals surface area (Å²) in [7, 11) is 0. The van der Waals surface area contributed by atoms with Crippen molar-refractivity contribution in [3.05, 3.63) is 83.3 Å². The Morgan fingerprint density at radius 1 is 0.962 bits per heavy atom. The minimum Gasteiger partial charge on any atom is -0.354 e. The molecule has 2 N–H and O–H groups in total. The standard InChI is InChI=1S/C19H14F3N3O/c1-11-4-2-3-5-15(11)24-12-6-9-16(23-10-12)25-19(26)13-7-8-14(20)18(22)17(13)21/h2-10,24H,1H3,(H,23,25,26). The lowest BCUT2D eigenvalue weighted by Crippen LogP contribution is -2.16. The lowest BCUT2D eigenvalue weighted by molar-refractivity contribution is 0.102. The van der Waals surface area contributed by atoms with Crippen molar-refractivity contribution in [2.75, 3.05) is 10.6 Å². The average molecular weight is 357 g/mol. The molecule has 1 aromatic heterocycles. The van der Waals surface area contributed by atoms with Crippen molar-refractivity contribution in [3.8, 4) is 0 Å². The van der Waals surface area contributed by atoms with Crippen LogP contribution in [0, 0.1) is 24.4 Å². The number of carbonyl (C=O) groups is 1. The second kappa shape index (κ2) is 7.26. The summed E-state index contributed by atoms with van der Waals surface area (Å²) in [5.74, 6) is -5.37. The second-order valence-corrected chi connectivity index (χ2v) is 5.55. The van der Waals surface area contributed by atoms with Crippen LogP contribution in [-0.2, 0) is 0 Å². The molecular weight excluding hydrogens is 343 g/mol. The molecule has 3 aromatic rings. The van der Waals surface area contributed by atoms with Gasteiger partial charge in [0.1, 0.15) is 5.82 Å². The van der Waals surface area contributed by atoms with Crippen molar-refractivity contribution in [2.24, 2.45) is 0 Å². The van der Waals surface area contributed by atoms with Gasteiger partial charge in [0.05, 0.1) is 17.4 Å². The predicted molar refractivity (Wildman–Crippen MR) is 93.0 cm³/mol. The lowest BCUT2D eigenvalue weighted by atomic mass is 10.2. The Morgan fingerprint density at radius 3 is 2.42 bits per heavy atom. The number of hydrogen-bond acceptors (Lipinski definition) is 3. The third-order valence-electron chi connectivity index (χ3n) is 3.71. The zero-order valence-electron chi connectivity index (χ0n) is 13.7. The third-order valence-corrected chi connectivity index (χ3v) is 3.71. The van der Waals surface area contributed by atoms with E-state index < -0.39 is 28.9 Å². The fraction of sp³-hybridized carbons (Fsp3) is 0.0526. The molecule has 0 aliphatic rings. The molecule has 0 fully saturated rings. The number of benzene rings is 2. The Balaban J connectivity index is 1.72. The van der Waals surface area contributed by atoms with Crippen molar-refractivity contribution in [1.82, 2.24) is 4.98 Å². The first-order chi connectivity index (χ1) is 12.5. The van der Waals surface area contributed by atoms with E-state index in [1.807, 2.05) is 31.2 Å². The number of aryl methyl sites for hydroxylation is 1. The highest BCUT2D eigenvalue weighted by atomic mass is 19.2. The molecule has 0 spiro atoms. The maximum Gasteiger partial charge on any atom is 0.259 e. The first kappa shape index (κ1) is 17.5. The van der Waals surface area contributed by atoms with Crippen LogP contribution < -0.4 is 10.6 Å². The molecule has 0 saturated carbocycles. The fourth-order valence-electron chi connectivity index (χ4n) is 2.30. The van der Waals surface area contributed by atoms with Crippen LogP contribution in [-0.4, -0.2) is 10.9 Å². The van der Waals surface area contributed by atoms with E-state index in [9.17, 15) is 18.0 Å². The van der Waals surface area contributed by atoms with Gasteiger partial charge in [0.15, 0.2) is 17.5 Å². The number of anilines is 3. The van der Waals surface area contributed by atoms with Crippen molar-refractivity contribution in [3.63, 3.8) is 0 Å². The molecule has 26 heavy (non-hydrogen) atoms. The summed E-state index contributed by atoms with van der Waals surface area (Å²) in [6.45, 7) is 1.96. The Bertz CT molecular complexity index is 959. The molecule has 4 nitrogen and oxygen atoms in total. The molecule has 2 aromatic carbocycles. The van der Waals surface area contributed by atoms with E-state index in [2.05, 4.69) is 15.6 Å². The number of carbonyl (C=O) groups excluding carboxylic acids is 1. The van der Waals surface area contributed by atoms with Crippen LogP contribution in [0.3, 0.4) is 0 Å². The zero-order valence-corrected chi connectivity index (χ0v) is 13.7. The van der Waals surface area contributed by atoms with Gasteiger partial charge in [0.25, 0.3) is 5.91 Å². The van der Waals surface area contributed by atoms with Crippen molar-refractivity contribution in [1.29, 1.82) is 0 Å². The van der Waals surface area contributed by atoms with Crippen LogP contribution in [0.2, 0.25) is 0 Å². The number of aromatic nitrogens is 1. The quantitative estimate of drug-likeness (QED) is 0.659. The Hall–Kier alpha value is -3.35. The maximum absolute atomic E-state index is 13.7. The molecule has 7 heteroatoms. The monoisotopic (exact) mass is 357 g/mol. The minimum atomic E-state index is -1.69. The smallest absolute Gasteiger partial charge is 0.259 e. The van der Waals surface area contributed by atoms with E-state index in [4.69, 9.17) is 0 Å². The van der Waals surface area contributed by atoms with Gasteiger partial charge >= 0.3 is 0 Å². The molecular formula is C19H14F3N3O. The lowest BCUT2D eigenvalue weighted by Gasteiger charge is -2.10. The number of pyridine rings is 1. The first-order valence-corrected chi connectivity index (χ1v) is 7.69. The summed E-state index contributed by atoms with van der Waals surface area (Å²) in [6, 6.07) is 12.4. The summed E-state index contributed by atoms with van der Waals surface area (Å²) in [5.41, 5.74) is 2.05. The largest absolute Gasteiger partial charge is 0.354 e. The van der Waals surface area contributed by atoms with Gasteiger partial charge in [-0.3, -0.25) is 4.79 Å². The van der Waals surface area contributed by atoms with Crippen LogP contribution in [0.5, 0.6) is 0 Å². The van der Waals surface area contributed by atoms with E-state index in [0.29, 0.717) is 11.8 Å². The summed E-state index contributed by atoms with van der Waals surface area (Å²) in [4.78, 5) is 16.1. The van der Waals surface area contributed by atoms with Crippen LogP contribution in [0.25, 0.3) is 0 Å². The molecule has 0 radical (unpaired) electrons. The van der Waals surface area contributed by atoms with E-state index in [-0.39, 0.29) is 5.82 Å². The summed E-state index contributed by atoms with van der Waals surface area (Å²) in [5, 5.41) is 5.52. The van der Waals surface area contributed by atoms with Crippen molar-refractivity contribution < 1.29 is 18.0 Å². The number of amides is 1. The topological polar surface area (TPSA) is 54.0 Å². The molecule has 0 aliphatic carbocycles. The second-order valence-electron chi connectivity index (χ2n) is 5.55. The van der Waals surface area contributed by atoms with E-state index in [1.165, 1.54) is 12.3 Å². The van der Waals surface area contributed by atoms with Crippen LogP contribution >= 0.6 is 0 Å². The fourth-order valence-corrected chi connectivity index (χ4v) is 2.30. The highest BCUT2D eigenvalue weighted by molar-refractivity contribution is 6.04. The van der Waals surface area contributed by atoms with Gasteiger partial charge in [-0.25, -0.2) is 18.2 Å². The molecule has 0 saturated heterocycles. The predicted octanol–water partition coefficient (Wildman–Crippen LogP) is 4.80. The number of halogens is 3. The van der Waals surface area contributed by atoms with E-state index in [0.717, 1.165) is 17.3 Å². The normalized spacial score (nSPS) is 10.5. The highest BCUT2D eigenvalue weighted by Gasteiger charge is 2.19. The van der Waals surface area contributed by atoms with Gasteiger partial charge in [-0.15, -0.1) is 0 Å². The van der Waals surface area contributed by atoms with Gasteiger partial charge in [-0.05, 0) is 42.8 Å². The van der Waals surface area contributed by atoms with E-state index in [1.54, 1.807) is 6.07 Å². The summed E-state index contributed by atoms with van der Waals surface area (Å²) < 4.78 is 39.8. The minimum absolute atomic E-state index is 0.148. The highest BCUT2D eigenvalue weighted by Crippen LogP contribution is 2.21. The number of nitrogens with zero attached hydrogens (tertiary/aromatic N) is 1. The van der Waals surface area contributed by atoms with Crippen molar-refractivity contribution in [2.45, 2.75) is 6.92 Å². The molecule has 0 atom stereocenters. The average Bonchev–Trinajstić information content (AvgIpc) is 2.63. The Morgan fingerprint density at radius 2 is 1.73 bits per heavy atom. The van der Waals surface area contributed by atoms with Crippen molar-refractivity contribution >= 4 is 23.1 Å². The number of rotatable bonds is 4.